The number of aryl methyl sites for hydroxylation is 1. The van der Waals surface area contributed by atoms with Gasteiger partial charge in [0.1, 0.15) is 5.82 Å². The van der Waals surface area contributed by atoms with Crippen molar-refractivity contribution < 1.29 is 4.39 Å². The van der Waals surface area contributed by atoms with E-state index in [1.54, 1.807) is 25.3 Å². The molecule has 0 spiro atoms. The van der Waals surface area contributed by atoms with Crippen LogP contribution in [0.15, 0.2) is 22.8 Å². The van der Waals surface area contributed by atoms with Gasteiger partial charge in [0.25, 0.3) is 0 Å². The molecule has 2 N–H and O–H groups in total. The Hall–Kier alpha value is -0.940. The molecule has 15 heavy (non-hydrogen) atoms. The predicted molar refractivity (Wildman–Crippen MR) is 64.4 cm³/mol. The second kappa shape index (κ2) is 3.90. The first-order chi connectivity index (χ1) is 7.08. The quantitative estimate of drug-likeness (QED) is 0.870. The summed E-state index contributed by atoms with van der Waals surface area (Å²) in [5.41, 5.74) is 6.66. The van der Waals surface area contributed by atoms with Gasteiger partial charge in [-0.05, 0) is 24.6 Å². The molecule has 2 nitrogen and oxygen atoms in total. The molecule has 5 heteroatoms. The first-order valence-corrected chi connectivity index (χ1v) is 5.86. The molecule has 2 rings (SSSR count). The Labute approximate surface area is 99.1 Å². The molecular formula is C10H8BrFN2S. The Bertz CT molecular complexity index is 510. The first kappa shape index (κ1) is 10.6. The Morgan fingerprint density at radius 1 is 1.47 bits per heavy atom. The van der Waals surface area contributed by atoms with E-state index in [-0.39, 0.29) is 5.82 Å². The molecule has 0 atom stereocenters. The van der Waals surface area contributed by atoms with E-state index >= 15 is 0 Å². The summed E-state index contributed by atoms with van der Waals surface area (Å²) in [7, 11) is 0. The number of nitrogens with zero attached hydrogens (tertiary/aromatic N) is 1. The number of anilines is 1. The SMILES string of the molecule is Cc1cc(Br)cc(-c2cnc(N)s2)c1F. The number of rotatable bonds is 1. The zero-order chi connectivity index (χ0) is 11.0. The average Bonchev–Trinajstić information content (AvgIpc) is 2.58. The predicted octanol–water partition coefficient (Wildman–Crippen LogP) is 3.60. The Morgan fingerprint density at radius 3 is 2.80 bits per heavy atom. The van der Waals surface area contributed by atoms with E-state index in [1.165, 1.54) is 11.3 Å². The van der Waals surface area contributed by atoms with Gasteiger partial charge in [-0.15, -0.1) is 0 Å². The number of nitrogen functional groups attached to an aromatic ring is 1. The molecule has 0 amide bonds. The van der Waals surface area contributed by atoms with Crippen LogP contribution in [-0.2, 0) is 0 Å². The summed E-state index contributed by atoms with van der Waals surface area (Å²) < 4.78 is 14.6. The van der Waals surface area contributed by atoms with Crippen molar-refractivity contribution in [1.82, 2.24) is 4.98 Å². The van der Waals surface area contributed by atoms with Crippen LogP contribution in [0.1, 0.15) is 5.56 Å². The van der Waals surface area contributed by atoms with Crippen LogP contribution in [0.3, 0.4) is 0 Å². The van der Waals surface area contributed by atoms with Crippen LogP contribution in [0.2, 0.25) is 0 Å². The van der Waals surface area contributed by atoms with Crippen molar-refractivity contribution in [2.24, 2.45) is 0 Å². The number of hydrogen-bond donors (Lipinski definition) is 1. The van der Waals surface area contributed by atoms with E-state index in [1.807, 2.05) is 0 Å². The lowest BCUT2D eigenvalue weighted by Gasteiger charge is -2.03. The first-order valence-electron chi connectivity index (χ1n) is 4.25. The van der Waals surface area contributed by atoms with Gasteiger partial charge in [0.2, 0.25) is 0 Å². The van der Waals surface area contributed by atoms with Crippen molar-refractivity contribution in [3.63, 3.8) is 0 Å². The van der Waals surface area contributed by atoms with Crippen molar-refractivity contribution in [1.29, 1.82) is 0 Å². The lowest BCUT2D eigenvalue weighted by Crippen LogP contribution is -1.87. The van der Waals surface area contributed by atoms with E-state index in [0.29, 0.717) is 16.3 Å². The molecule has 1 aromatic heterocycles. The third-order valence-corrected chi connectivity index (χ3v) is 3.33. The molecule has 0 fully saturated rings. The fourth-order valence-electron chi connectivity index (χ4n) is 1.32. The van der Waals surface area contributed by atoms with Gasteiger partial charge in [0.15, 0.2) is 5.13 Å². The standard InChI is InChI=1S/C10H8BrFN2S/c1-5-2-6(11)3-7(9(5)12)8-4-14-10(13)15-8/h2-4H,1H3,(H2,13,14). The van der Waals surface area contributed by atoms with E-state index in [4.69, 9.17) is 5.73 Å². The molecule has 1 heterocycles. The monoisotopic (exact) mass is 286 g/mol. The lowest BCUT2D eigenvalue weighted by atomic mass is 10.1. The number of nitrogens with two attached hydrogens (primary N) is 1. The van der Waals surface area contributed by atoms with Gasteiger partial charge in [-0.3, -0.25) is 0 Å². The fraction of sp³-hybridized carbons (Fsp3) is 0.100. The number of benzene rings is 1. The Kier molecular flexibility index (Phi) is 2.75. The molecule has 0 saturated carbocycles. The van der Waals surface area contributed by atoms with Gasteiger partial charge in [0.05, 0.1) is 4.88 Å². The van der Waals surface area contributed by atoms with Crippen LogP contribution in [0.5, 0.6) is 0 Å². The van der Waals surface area contributed by atoms with Crippen molar-refractivity contribution in [2.75, 3.05) is 5.73 Å². The molecule has 0 aliphatic carbocycles. The highest BCUT2D eigenvalue weighted by Gasteiger charge is 2.11. The zero-order valence-corrected chi connectivity index (χ0v) is 10.3. The summed E-state index contributed by atoms with van der Waals surface area (Å²) in [5, 5.41) is 0.446. The molecule has 0 unspecified atom stereocenters. The minimum Gasteiger partial charge on any atom is -0.375 e. The van der Waals surface area contributed by atoms with Crippen LogP contribution >= 0.6 is 27.3 Å². The summed E-state index contributed by atoms with van der Waals surface area (Å²) in [4.78, 5) is 4.65. The second-order valence-electron chi connectivity index (χ2n) is 3.15. The highest BCUT2D eigenvalue weighted by molar-refractivity contribution is 9.10. The van der Waals surface area contributed by atoms with Gasteiger partial charge in [0, 0.05) is 16.2 Å². The average molecular weight is 287 g/mol. The minimum atomic E-state index is -0.221. The smallest absolute Gasteiger partial charge is 0.180 e. The van der Waals surface area contributed by atoms with Crippen molar-refractivity contribution in [2.45, 2.75) is 6.92 Å². The van der Waals surface area contributed by atoms with Crippen molar-refractivity contribution in [3.05, 3.63) is 34.2 Å². The zero-order valence-electron chi connectivity index (χ0n) is 7.92. The van der Waals surface area contributed by atoms with Gasteiger partial charge >= 0.3 is 0 Å². The molecule has 0 aliphatic rings. The fourth-order valence-corrected chi connectivity index (χ4v) is 2.58. The summed E-state index contributed by atoms with van der Waals surface area (Å²) in [5.74, 6) is -0.221. The number of hydrogen-bond acceptors (Lipinski definition) is 3. The van der Waals surface area contributed by atoms with Crippen LogP contribution in [0.25, 0.3) is 10.4 Å². The third-order valence-electron chi connectivity index (χ3n) is 2.01. The summed E-state index contributed by atoms with van der Waals surface area (Å²) >= 11 is 4.62. The number of aromatic nitrogens is 1. The molecule has 78 valence electrons. The summed E-state index contributed by atoms with van der Waals surface area (Å²) in [6.07, 6.45) is 1.59. The van der Waals surface area contributed by atoms with E-state index < -0.39 is 0 Å². The van der Waals surface area contributed by atoms with E-state index in [0.717, 1.165) is 9.35 Å². The van der Waals surface area contributed by atoms with E-state index in [2.05, 4.69) is 20.9 Å². The van der Waals surface area contributed by atoms with E-state index in [9.17, 15) is 4.39 Å². The molecule has 0 bridgehead atoms. The van der Waals surface area contributed by atoms with Gasteiger partial charge in [-0.1, -0.05) is 27.3 Å². The maximum Gasteiger partial charge on any atom is 0.180 e. The molecule has 0 saturated heterocycles. The van der Waals surface area contributed by atoms with Crippen molar-refractivity contribution in [3.8, 4) is 10.4 Å². The molecule has 2 aromatic rings. The second-order valence-corrected chi connectivity index (χ2v) is 5.12. The molecule has 1 aromatic carbocycles. The van der Waals surface area contributed by atoms with Crippen LogP contribution in [-0.4, -0.2) is 4.98 Å². The Morgan fingerprint density at radius 2 is 2.20 bits per heavy atom. The van der Waals surface area contributed by atoms with Crippen LogP contribution in [0, 0.1) is 12.7 Å². The maximum atomic E-state index is 13.8. The number of thiazole rings is 1. The highest BCUT2D eigenvalue weighted by Crippen LogP contribution is 2.32. The van der Waals surface area contributed by atoms with Gasteiger partial charge < -0.3 is 5.73 Å². The summed E-state index contributed by atoms with van der Waals surface area (Å²) in [6.45, 7) is 1.73. The number of halogens is 2. The largest absolute Gasteiger partial charge is 0.375 e. The highest BCUT2D eigenvalue weighted by atomic mass is 79.9. The van der Waals surface area contributed by atoms with Gasteiger partial charge in [-0.2, -0.15) is 0 Å². The normalized spacial score (nSPS) is 10.6. The molecule has 0 radical (unpaired) electrons. The van der Waals surface area contributed by atoms with Crippen LogP contribution in [0.4, 0.5) is 9.52 Å². The molecular weight excluding hydrogens is 279 g/mol. The van der Waals surface area contributed by atoms with Crippen LogP contribution < -0.4 is 5.73 Å². The topological polar surface area (TPSA) is 38.9 Å². The molecule has 0 aliphatic heterocycles. The minimum absolute atomic E-state index is 0.221. The van der Waals surface area contributed by atoms with Gasteiger partial charge in [-0.25, -0.2) is 9.37 Å². The van der Waals surface area contributed by atoms with Crippen molar-refractivity contribution >= 4 is 32.4 Å². The third kappa shape index (κ3) is 2.03. The summed E-state index contributed by atoms with van der Waals surface area (Å²) in [6, 6.07) is 3.47. The lowest BCUT2D eigenvalue weighted by molar-refractivity contribution is 0.622. The maximum absolute atomic E-state index is 13.8. The Balaban J connectivity index is 2.62.